The van der Waals surface area contributed by atoms with Crippen LogP contribution in [0.5, 0.6) is 6.01 Å². The molecule has 4 N–H and O–H groups in total. The number of benzene rings is 2. The number of nitriles is 1. The third-order valence-corrected chi connectivity index (χ3v) is 6.02. The van der Waals surface area contributed by atoms with E-state index in [4.69, 9.17) is 21.0 Å². The number of pyridine rings is 2. The quantitative estimate of drug-likeness (QED) is 0.296. The van der Waals surface area contributed by atoms with Crippen LogP contribution in [0.25, 0.3) is 39.5 Å². The Kier molecular flexibility index (Phi) is 5.95. The van der Waals surface area contributed by atoms with Crippen molar-refractivity contribution < 1.29 is 5.11 Å². The summed E-state index contributed by atoms with van der Waals surface area (Å²) < 4.78 is 1.97. The Morgan fingerprint density at radius 1 is 0.872 bits per heavy atom. The van der Waals surface area contributed by atoms with E-state index in [1.54, 1.807) is 12.3 Å². The number of nitrogens with zero attached hydrogens (tertiary/aromatic N) is 8. The van der Waals surface area contributed by atoms with Gasteiger partial charge >= 0.3 is 6.01 Å². The molecule has 4 aromatic heterocycles. The molecule has 0 fully saturated rings. The van der Waals surface area contributed by atoms with E-state index in [9.17, 15) is 5.11 Å². The molecule has 0 saturated carbocycles. The highest BCUT2D eigenvalue weighted by Gasteiger charge is 2.18. The van der Waals surface area contributed by atoms with Gasteiger partial charge in [-0.15, -0.1) is 0 Å². The van der Waals surface area contributed by atoms with Gasteiger partial charge in [0.1, 0.15) is 17.4 Å². The summed E-state index contributed by atoms with van der Waals surface area (Å²) in [6.45, 7) is 0.359. The molecule has 0 amide bonds. The average molecular weight is 513 g/mol. The smallest absolute Gasteiger partial charge is 0.319 e. The molecule has 11 nitrogen and oxygen atoms in total. The molecule has 0 aliphatic heterocycles. The van der Waals surface area contributed by atoms with Crippen LogP contribution >= 0.6 is 0 Å². The third kappa shape index (κ3) is 4.65. The Morgan fingerprint density at radius 3 is 2.46 bits per heavy atom. The lowest BCUT2D eigenvalue weighted by atomic mass is 10.1. The number of rotatable bonds is 6. The highest BCUT2D eigenvalue weighted by atomic mass is 16.3. The first-order valence-electron chi connectivity index (χ1n) is 11.9. The van der Waals surface area contributed by atoms with Crippen molar-refractivity contribution in [3.63, 3.8) is 0 Å². The van der Waals surface area contributed by atoms with E-state index in [-0.39, 0.29) is 11.8 Å². The number of anilines is 2. The number of hydrogen-bond acceptors (Lipinski definition) is 10. The number of aromatic hydroxyl groups is 1. The van der Waals surface area contributed by atoms with Crippen LogP contribution in [0, 0.1) is 11.3 Å². The zero-order valence-corrected chi connectivity index (χ0v) is 20.4. The predicted octanol–water partition coefficient (Wildman–Crippen LogP) is 4.11. The number of fused-ring (bicyclic) bond motifs is 1. The molecule has 11 heteroatoms. The molecule has 2 aromatic carbocycles. The van der Waals surface area contributed by atoms with Crippen molar-refractivity contribution in [2.75, 3.05) is 11.1 Å². The summed E-state index contributed by atoms with van der Waals surface area (Å²) in [4.78, 5) is 25.4. The van der Waals surface area contributed by atoms with Crippen LogP contribution in [0.2, 0.25) is 0 Å². The zero-order valence-electron chi connectivity index (χ0n) is 20.4. The fourth-order valence-corrected chi connectivity index (χ4v) is 4.20. The summed E-state index contributed by atoms with van der Waals surface area (Å²) >= 11 is 0. The van der Waals surface area contributed by atoms with E-state index in [2.05, 4.69) is 25.3 Å². The van der Waals surface area contributed by atoms with Gasteiger partial charge in [-0.2, -0.15) is 20.2 Å². The molecule has 0 aliphatic carbocycles. The van der Waals surface area contributed by atoms with Crippen LogP contribution in [0.15, 0.2) is 85.1 Å². The van der Waals surface area contributed by atoms with E-state index < -0.39 is 6.01 Å². The summed E-state index contributed by atoms with van der Waals surface area (Å²) in [5, 5.41) is 21.6. The van der Waals surface area contributed by atoms with E-state index in [1.807, 2.05) is 83.4 Å². The standard InChI is InChI=1S/C28H20N10O/c29-15-23-35-27(37-28(39)36-23)32-16-17-8-10-19(11-9-17)38-25(20-7-4-14-31-24(20)30)34-22-13-12-21(33-26(22)38)18-5-2-1-3-6-18/h1-14H,16H2,(H2,30,31)(H2,32,35,36,37,39). The Morgan fingerprint density at radius 2 is 1.69 bits per heavy atom. The summed E-state index contributed by atoms with van der Waals surface area (Å²) in [6, 6.07) is 26.6. The van der Waals surface area contributed by atoms with Gasteiger partial charge in [0.15, 0.2) is 11.5 Å². The molecule has 188 valence electrons. The van der Waals surface area contributed by atoms with Gasteiger partial charge in [-0.1, -0.05) is 42.5 Å². The molecule has 0 spiro atoms. The number of hydrogen-bond donors (Lipinski definition) is 3. The van der Waals surface area contributed by atoms with Crippen LogP contribution in [-0.4, -0.2) is 39.6 Å². The summed E-state index contributed by atoms with van der Waals surface area (Å²) in [6.07, 6.45) is 1.64. The van der Waals surface area contributed by atoms with Crippen molar-refractivity contribution in [3.05, 3.63) is 96.4 Å². The Labute approximate surface area is 222 Å². The largest absolute Gasteiger partial charge is 0.479 e. The molecule has 4 heterocycles. The minimum atomic E-state index is -0.518. The fraction of sp³-hybridized carbons (Fsp3) is 0.0357. The van der Waals surface area contributed by atoms with Crippen molar-refractivity contribution in [1.82, 2.24) is 34.5 Å². The molecule has 0 unspecified atom stereocenters. The minimum absolute atomic E-state index is 0.107. The van der Waals surface area contributed by atoms with Crippen LogP contribution < -0.4 is 11.1 Å². The lowest BCUT2D eigenvalue weighted by molar-refractivity contribution is 0.428. The fourth-order valence-electron chi connectivity index (χ4n) is 4.20. The summed E-state index contributed by atoms with van der Waals surface area (Å²) in [5.41, 5.74) is 11.9. The molecular formula is C28H20N10O. The van der Waals surface area contributed by atoms with Gasteiger partial charge < -0.3 is 16.2 Å². The topological polar surface area (TPSA) is 164 Å². The molecule has 0 bridgehead atoms. The molecule has 0 saturated heterocycles. The maximum absolute atomic E-state index is 9.60. The van der Waals surface area contributed by atoms with Gasteiger partial charge in [-0.3, -0.25) is 4.57 Å². The van der Waals surface area contributed by atoms with Crippen LogP contribution in [0.4, 0.5) is 11.8 Å². The lowest BCUT2D eigenvalue weighted by Crippen LogP contribution is -2.06. The Hall–Kier alpha value is -5.89. The second-order valence-electron chi connectivity index (χ2n) is 8.53. The van der Waals surface area contributed by atoms with Crippen molar-refractivity contribution in [3.8, 4) is 40.4 Å². The van der Waals surface area contributed by atoms with E-state index in [1.165, 1.54) is 0 Å². The van der Waals surface area contributed by atoms with E-state index in [0.717, 1.165) is 28.0 Å². The van der Waals surface area contributed by atoms with Crippen LogP contribution in [0.1, 0.15) is 11.4 Å². The van der Waals surface area contributed by atoms with Gasteiger partial charge in [0.25, 0.3) is 0 Å². The van der Waals surface area contributed by atoms with Gasteiger partial charge in [0, 0.05) is 24.0 Å². The van der Waals surface area contributed by atoms with E-state index >= 15 is 0 Å². The van der Waals surface area contributed by atoms with Gasteiger partial charge in [-0.25, -0.2) is 15.0 Å². The highest BCUT2D eigenvalue weighted by Crippen LogP contribution is 2.31. The normalized spacial score (nSPS) is 10.8. The van der Waals surface area contributed by atoms with Crippen molar-refractivity contribution >= 4 is 22.9 Å². The minimum Gasteiger partial charge on any atom is -0.479 e. The Balaban J connectivity index is 1.40. The first-order chi connectivity index (χ1) is 19.1. The van der Waals surface area contributed by atoms with Gasteiger partial charge in [-0.05, 0) is 42.0 Å². The number of nitrogens with one attached hydrogen (secondary N) is 1. The molecule has 6 rings (SSSR count). The Bertz CT molecular complexity index is 1840. The average Bonchev–Trinajstić information content (AvgIpc) is 3.35. The zero-order chi connectivity index (χ0) is 26.8. The summed E-state index contributed by atoms with van der Waals surface area (Å²) in [5.74, 6) is 0.937. The van der Waals surface area contributed by atoms with Gasteiger partial charge in [0.05, 0.1) is 11.3 Å². The molecule has 0 radical (unpaired) electrons. The predicted molar refractivity (Wildman–Crippen MR) is 145 cm³/mol. The number of nitrogens with two attached hydrogens (primary N) is 1. The first-order valence-corrected chi connectivity index (χ1v) is 11.9. The van der Waals surface area contributed by atoms with E-state index in [0.29, 0.717) is 29.4 Å². The SMILES string of the molecule is N#Cc1nc(O)nc(NCc2ccc(-n3c(-c4cccnc4N)nc4ccc(-c5ccccc5)nc43)cc2)n1. The number of nitrogen functional groups attached to an aromatic ring is 1. The van der Waals surface area contributed by atoms with Crippen LogP contribution in [0.3, 0.4) is 0 Å². The van der Waals surface area contributed by atoms with Gasteiger partial charge in [0.2, 0.25) is 11.8 Å². The molecule has 39 heavy (non-hydrogen) atoms. The lowest BCUT2D eigenvalue weighted by Gasteiger charge is -2.12. The second-order valence-corrected chi connectivity index (χ2v) is 8.53. The number of aromatic nitrogens is 7. The second kappa shape index (κ2) is 9.87. The monoisotopic (exact) mass is 512 g/mol. The highest BCUT2D eigenvalue weighted by molar-refractivity contribution is 5.84. The molecule has 6 aromatic rings. The summed E-state index contributed by atoms with van der Waals surface area (Å²) in [7, 11) is 0. The maximum Gasteiger partial charge on any atom is 0.319 e. The molecule has 0 atom stereocenters. The maximum atomic E-state index is 9.60. The molecular weight excluding hydrogens is 492 g/mol. The first kappa shape index (κ1) is 23.5. The molecule has 0 aliphatic rings. The van der Waals surface area contributed by atoms with Crippen LogP contribution in [-0.2, 0) is 6.54 Å². The van der Waals surface area contributed by atoms with Crippen molar-refractivity contribution in [2.24, 2.45) is 0 Å². The third-order valence-electron chi connectivity index (χ3n) is 6.02. The van der Waals surface area contributed by atoms with Crippen molar-refractivity contribution in [1.29, 1.82) is 5.26 Å². The number of imidazole rings is 1. The van der Waals surface area contributed by atoms with Crippen molar-refractivity contribution in [2.45, 2.75) is 6.54 Å².